The second-order valence-electron chi connectivity index (χ2n) is 14.1. The molecule has 0 N–H and O–H groups in total. The minimum atomic E-state index is 0.561. The van der Waals surface area contributed by atoms with Crippen LogP contribution in [0, 0.1) is 0 Å². The first kappa shape index (κ1) is 30.5. The normalized spacial score (nSPS) is 12.3. The summed E-state index contributed by atoms with van der Waals surface area (Å²) in [6.07, 6.45) is 0. The Hall–Kier alpha value is -7.17. The fourth-order valence-electron chi connectivity index (χ4n) is 8.60. The SMILES string of the molecule is C=c1c2ccccc2c2cccc(=NCc3cccc(-n4c5ccccc5c5cc(-c6ccc7c(c6)c6ccccc6n7-c6ccccc6)ccc54)c3)n12. The topological polar surface area (TPSA) is 26.6 Å². The second kappa shape index (κ2) is 11.9. The fraction of sp³-hybridized carbons (Fsp3) is 0.0200. The largest absolute Gasteiger partial charge is 0.309 e. The quantitative estimate of drug-likeness (QED) is 0.172. The van der Waals surface area contributed by atoms with Gasteiger partial charge in [-0.2, -0.15) is 0 Å². The number of aromatic nitrogens is 3. The van der Waals surface area contributed by atoms with Gasteiger partial charge < -0.3 is 9.13 Å². The van der Waals surface area contributed by atoms with E-state index in [-0.39, 0.29) is 0 Å². The maximum Gasteiger partial charge on any atom is 0.132 e. The third-order valence-corrected chi connectivity index (χ3v) is 11.0. The van der Waals surface area contributed by atoms with Crippen molar-refractivity contribution in [3.63, 3.8) is 0 Å². The summed E-state index contributed by atoms with van der Waals surface area (Å²) in [6, 6.07) is 65.5. The summed E-state index contributed by atoms with van der Waals surface area (Å²) in [5, 5.41) is 8.31. The van der Waals surface area contributed by atoms with E-state index >= 15 is 0 Å². The molecule has 0 aliphatic heterocycles. The van der Waals surface area contributed by atoms with Crippen molar-refractivity contribution >= 4 is 66.5 Å². The Morgan fingerprint density at radius 1 is 0.389 bits per heavy atom. The first-order valence-corrected chi connectivity index (χ1v) is 18.4. The van der Waals surface area contributed by atoms with Crippen molar-refractivity contribution in [1.29, 1.82) is 0 Å². The lowest BCUT2D eigenvalue weighted by Crippen LogP contribution is -2.23. The Labute approximate surface area is 311 Å². The Morgan fingerprint density at radius 3 is 1.56 bits per heavy atom. The van der Waals surface area contributed by atoms with E-state index in [1.165, 1.54) is 65.8 Å². The molecular weight excluding hydrogens is 657 g/mol. The minimum Gasteiger partial charge on any atom is -0.309 e. The summed E-state index contributed by atoms with van der Waals surface area (Å²) in [5.41, 5.74) is 12.7. The molecule has 0 aliphatic carbocycles. The van der Waals surface area contributed by atoms with Crippen molar-refractivity contribution in [3.05, 3.63) is 198 Å². The van der Waals surface area contributed by atoms with E-state index in [9.17, 15) is 0 Å². The minimum absolute atomic E-state index is 0.561. The molecule has 0 radical (unpaired) electrons. The van der Waals surface area contributed by atoms with E-state index < -0.39 is 0 Å². The van der Waals surface area contributed by atoms with Crippen molar-refractivity contribution in [3.8, 4) is 22.5 Å². The molecule has 0 unspecified atom stereocenters. The van der Waals surface area contributed by atoms with Gasteiger partial charge in [0, 0.05) is 49.0 Å². The van der Waals surface area contributed by atoms with Crippen molar-refractivity contribution < 1.29 is 0 Å². The Balaban J connectivity index is 1.01. The highest BCUT2D eigenvalue weighted by Crippen LogP contribution is 2.38. The number of rotatable bonds is 5. The molecule has 11 rings (SSSR count). The smallest absolute Gasteiger partial charge is 0.132 e. The predicted octanol–water partition coefficient (Wildman–Crippen LogP) is 11.2. The molecule has 0 saturated carbocycles. The molecule has 4 heterocycles. The van der Waals surface area contributed by atoms with Gasteiger partial charge in [0.1, 0.15) is 5.49 Å². The van der Waals surface area contributed by atoms with Gasteiger partial charge in [-0.3, -0.25) is 9.39 Å². The summed E-state index contributed by atoms with van der Waals surface area (Å²) in [5.74, 6) is 0. The molecule has 0 amide bonds. The van der Waals surface area contributed by atoms with E-state index in [1.54, 1.807) is 0 Å². The number of hydrogen-bond donors (Lipinski definition) is 0. The lowest BCUT2D eigenvalue weighted by Gasteiger charge is -2.10. The molecule has 7 aromatic carbocycles. The maximum absolute atomic E-state index is 5.12. The van der Waals surface area contributed by atoms with Crippen LogP contribution in [-0.2, 0) is 6.54 Å². The van der Waals surface area contributed by atoms with Crippen LogP contribution in [0.4, 0.5) is 0 Å². The standard InChI is InChI=1S/C50H34N4/c1-33-39-17-5-6-18-40(39)45-23-12-24-50(52(33)45)51-32-34-13-11-16-38(29-34)54-47-22-10-8-20-42(47)44-31-36(26-28-49(44)54)35-25-27-48-43(30-35)41-19-7-9-21-46(41)53(48)37-14-3-2-4-15-37/h2-31H,1,32H2. The molecular formula is C50H34N4. The van der Waals surface area contributed by atoms with Gasteiger partial charge in [-0.05, 0) is 89.5 Å². The third-order valence-electron chi connectivity index (χ3n) is 11.0. The molecule has 4 heteroatoms. The number of para-hydroxylation sites is 3. The van der Waals surface area contributed by atoms with Crippen LogP contribution in [0.5, 0.6) is 0 Å². The van der Waals surface area contributed by atoms with Crippen LogP contribution in [0.3, 0.4) is 0 Å². The molecule has 0 aliphatic rings. The first-order chi connectivity index (χ1) is 26.7. The summed E-state index contributed by atoms with van der Waals surface area (Å²) >= 11 is 0. The second-order valence-corrected chi connectivity index (χ2v) is 14.1. The summed E-state index contributed by atoms with van der Waals surface area (Å²) in [7, 11) is 0. The van der Waals surface area contributed by atoms with Crippen LogP contribution in [0.25, 0.3) is 89.0 Å². The Kier molecular flexibility index (Phi) is 6.73. The number of pyridine rings is 1. The molecule has 4 nitrogen and oxygen atoms in total. The predicted molar refractivity (Wildman–Crippen MR) is 225 cm³/mol. The number of hydrogen-bond acceptors (Lipinski definition) is 1. The van der Waals surface area contributed by atoms with Crippen LogP contribution in [0.15, 0.2) is 187 Å². The van der Waals surface area contributed by atoms with Crippen molar-refractivity contribution in [1.82, 2.24) is 13.5 Å². The van der Waals surface area contributed by atoms with E-state index in [0.29, 0.717) is 6.54 Å². The van der Waals surface area contributed by atoms with Crippen molar-refractivity contribution in [2.45, 2.75) is 6.54 Å². The van der Waals surface area contributed by atoms with E-state index in [2.05, 4.69) is 202 Å². The number of fused-ring (bicyclic) bond motifs is 9. The van der Waals surface area contributed by atoms with Gasteiger partial charge in [0.25, 0.3) is 0 Å². The molecule has 0 spiro atoms. The van der Waals surface area contributed by atoms with Crippen molar-refractivity contribution in [2.24, 2.45) is 4.99 Å². The molecule has 54 heavy (non-hydrogen) atoms. The fourth-order valence-corrected chi connectivity index (χ4v) is 8.60. The Morgan fingerprint density at radius 2 is 0.889 bits per heavy atom. The number of nitrogens with zero attached hydrogens (tertiary/aromatic N) is 4. The van der Waals surface area contributed by atoms with Crippen LogP contribution in [-0.4, -0.2) is 13.5 Å². The van der Waals surface area contributed by atoms with Gasteiger partial charge in [-0.25, -0.2) is 0 Å². The molecule has 0 saturated heterocycles. The highest BCUT2D eigenvalue weighted by atomic mass is 15.0. The van der Waals surface area contributed by atoms with Gasteiger partial charge in [0.15, 0.2) is 0 Å². The van der Waals surface area contributed by atoms with E-state index in [0.717, 1.165) is 33.0 Å². The van der Waals surface area contributed by atoms with Gasteiger partial charge in [-0.1, -0.05) is 116 Å². The monoisotopic (exact) mass is 690 g/mol. The molecule has 11 aromatic rings. The van der Waals surface area contributed by atoms with Crippen LogP contribution in [0.2, 0.25) is 0 Å². The highest BCUT2D eigenvalue weighted by molar-refractivity contribution is 6.12. The highest BCUT2D eigenvalue weighted by Gasteiger charge is 2.16. The average molecular weight is 691 g/mol. The van der Waals surface area contributed by atoms with E-state index in [1.807, 2.05) is 0 Å². The molecule has 254 valence electrons. The zero-order valence-corrected chi connectivity index (χ0v) is 29.5. The average Bonchev–Trinajstić information content (AvgIpc) is 3.85. The molecule has 0 atom stereocenters. The summed E-state index contributed by atoms with van der Waals surface area (Å²) in [6.45, 7) is 4.98. The van der Waals surface area contributed by atoms with Gasteiger partial charge >= 0.3 is 0 Å². The zero-order chi connectivity index (χ0) is 35.8. The molecule has 0 fully saturated rings. The molecule has 0 bridgehead atoms. The van der Waals surface area contributed by atoms with E-state index in [4.69, 9.17) is 4.99 Å². The summed E-state index contributed by atoms with van der Waals surface area (Å²) in [4.78, 5) is 5.12. The van der Waals surface area contributed by atoms with Crippen molar-refractivity contribution in [2.75, 3.05) is 0 Å². The summed E-state index contributed by atoms with van der Waals surface area (Å²) < 4.78 is 6.94. The zero-order valence-electron chi connectivity index (χ0n) is 29.5. The first-order valence-electron chi connectivity index (χ1n) is 18.4. The molecule has 4 aromatic heterocycles. The van der Waals surface area contributed by atoms with Gasteiger partial charge in [-0.15, -0.1) is 0 Å². The lowest BCUT2D eigenvalue weighted by molar-refractivity contribution is 0.924. The number of benzene rings is 7. The van der Waals surface area contributed by atoms with Gasteiger partial charge in [0.2, 0.25) is 0 Å². The Bertz CT molecular complexity index is 3380. The lowest BCUT2D eigenvalue weighted by atomic mass is 10.0. The van der Waals surface area contributed by atoms with Crippen LogP contribution < -0.4 is 10.8 Å². The van der Waals surface area contributed by atoms with Gasteiger partial charge in [0.05, 0.1) is 34.1 Å². The third kappa shape index (κ3) is 4.60. The maximum atomic E-state index is 5.12. The van der Waals surface area contributed by atoms with Crippen LogP contribution in [0.1, 0.15) is 5.56 Å². The van der Waals surface area contributed by atoms with Crippen LogP contribution >= 0.6 is 0 Å².